The molecule has 0 amide bonds. The van der Waals surface area contributed by atoms with Gasteiger partial charge in [-0.2, -0.15) is 0 Å². The zero-order valence-corrected chi connectivity index (χ0v) is 3.81. The van der Waals surface area contributed by atoms with Crippen molar-refractivity contribution < 1.29 is 14.6 Å². The van der Waals surface area contributed by atoms with Gasteiger partial charge in [0, 0.05) is 0 Å². The molecule has 0 aromatic heterocycles. The molecule has 0 aliphatic heterocycles. The molecule has 0 aromatic carbocycles. The molecule has 4 heteroatoms. The molecule has 0 aliphatic rings. The lowest BCUT2D eigenvalue weighted by Gasteiger charge is -1.87. The van der Waals surface area contributed by atoms with Crippen molar-refractivity contribution in [1.29, 1.82) is 0 Å². The Labute approximate surface area is 40.3 Å². The summed E-state index contributed by atoms with van der Waals surface area (Å²) in [5.41, 5.74) is 0. The van der Waals surface area contributed by atoms with Gasteiger partial charge in [0.1, 0.15) is 0 Å². The van der Waals surface area contributed by atoms with Gasteiger partial charge < -0.3 is 9.84 Å². The normalized spacial score (nSPS) is 7.67. The maximum atomic E-state index is 9.53. The number of thiol groups is 1. The summed E-state index contributed by atoms with van der Waals surface area (Å²) in [6.07, 6.45) is 0. The number of carbonyl (C=O) groups is 1. The van der Waals surface area contributed by atoms with Crippen LogP contribution in [0.5, 0.6) is 0 Å². The summed E-state index contributed by atoms with van der Waals surface area (Å²) in [7, 11) is 0. The fourth-order valence-corrected chi connectivity index (χ4v) is 0.113. The molecule has 0 atom stereocenters. The smallest absolute Gasteiger partial charge is 0.366 e. The van der Waals surface area contributed by atoms with E-state index in [4.69, 9.17) is 5.11 Å². The van der Waals surface area contributed by atoms with E-state index in [0.717, 1.165) is 0 Å². The number of rotatable bonds is 1. The molecule has 1 N–H and O–H groups in total. The molecule has 6 heavy (non-hydrogen) atoms. The Hall–Kier alpha value is -0.220. The molecule has 0 unspecified atom stereocenters. The van der Waals surface area contributed by atoms with E-state index in [-0.39, 0.29) is 0 Å². The molecule has 0 aliphatic carbocycles. The number of hydrogen-bond acceptors (Lipinski definition) is 3. The highest BCUT2D eigenvalue weighted by atomic mass is 32.1. The second-order valence-electron chi connectivity index (χ2n) is 0.539. The molecule has 36 valence electrons. The SMILES string of the molecule is O=C(S)OCO. The fourth-order valence-electron chi connectivity index (χ4n) is 0.0552. The van der Waals surface area contributed by atoms with Crippen molar-refractivity contribution in [3.8, 4) is 0 Å². The van der Waals surface area contributed by atoms with Gasteiger partial charge in [0.2, 0.25) is 0 Å². The summed E-state index contributed by atoms with van der Waals surface area (Å²) >= 11 is 3.16. The van der Waals surface area contributed by atoms with Crippen LogP contribution in [0, 0.1) is 0 Å². The van der Waals surface area contributed by atoms with Crippen LogP contribution in [-0.2, 0) is 4.74 Å². The minimum absolute atomic E-state index is 0.595. The standard InChI is InChI=1S/C2H4O3S/c3-1-5-2(4)6/h3H,1H2,(H,4,6). The summed E-state index contributed by atoms with van der Waals surface area (Å²) in [5, 5.41) is 6.98. The molecule has 0 spiro atoms. The van der Waals surface area contributed by atoms with Gasteiger partial charge in [0.05, 0.1) is 0 Å². The molecular weight excluding hydrogens is 104 g/mol. The Morgan fingerprint density at radius 1 is 2.00 bits per heavy atom. The summed E-state index contributed by atoms with van der Waals surface area (Å²) in [4.78, 5) is 9.53. The number of ether oxygens (including phenoxy) is 1. The van der Waals surface area contributed by atoms with Crippen LogP contribution in [0.25, 0.3) is 0 Å². The average molecular weight is 108 g/mol. The Morgan fingerprint density at radius 2 is 2.50 bits per heavy atom. The topological polar surface area (TPSA) is 46.5 Å². The van der Waals surface area contributed by atoms with Gasteiger partial charge in [-0.05, 0) is 0 Å². The first-order valence-electron chi connectivity index (χ1n) is 1.24. The van der Waals surface area contributed by atoms with E-state index in [0.29, 0.717) is 0 Å². The first kappa shape index (κ1) is 5.78. The molecule has 0 rings (SSSR count). The molecule has 0 saturated carbocycles. The molecule has 0 bridgehead atoms. The van der Waals surface area contributed by atoms with Gasteiger partial charge >= 0.3 is 5.30 Å². The maximum Gasteiger partial charge on any atom is 0.366 e. The van der Waals surface area contributed by atoms with Crippen LogP contribution < -0.4 is 0 Å². The van der Waals surface area contributed by atoms with E-state index in [2.05, 4.69) is 17.4 Å². The highest BCUT2D eigenvalue weighted by Crippen LogP contribution is 1.80. The predicted octanol–water partition coefficient (Wildman–Crippen LogP) is 0.00260. The van der Waals surface area contributed by atoms with E-state index in [1.165, 1.54) is 0 Å². The van der Waals surface area contributed by atoms with Gasteiger partial charge in [-0.3, -0.25) is 0 Å². The van der Waals surface area contributed by atoms with E-state index in [1.54, 1.807) is 0 Å². The van der Waals surface area contributed by atoms with Crippen molar-refractivity contribution in [1.82, 2.24) is 0 Å². The Balaban J connectivity index is 2.83. The van der Waals surface area contributed by atoms with Gasteiger partial charge in [0.25, 0.3) is 0 Å². The van der Waals surface area contributed by atoms with Crippen LogP contribution in [0.2, 0.25) is 0 Å². The van der Waals surface area contributed by atoms with E-state index in [1.807, 2.05) is 0 Å². The Bertz CT molecular complexity index is 52.8. The molecule has 0 fully saturated rings. The van der Waals surface area contributed by atoms with Crippen LogP contribution in [0.4, 0.5) is 4.79 Å². The monoisotopic (exact) mass is 108 g/mol. The Morgan fingerprint density at radius 3 is 2.50 bits per heavy atom. The third-order valence-corrected chi connectivity index (χ3v) is 0.317. The van der Waals surface area contributed by atoms with Crippen LogP contribution in [0.15, 0.2) is 0 Å². The zero-order chi connectivity index (χ0) is 4.99. The quantitative estimate of drug-likeness (QED) is 0.282. The molecular formula is C2H4O3S. The summed E-state index contributed by atoms with van der Waals surface area (Å²) < 4.78 is 3.82. The fraction of sp³-hybridized carbons (Fsp3) is 0.500. The van der Waals surface area contributed by atoms with E-state index in [9.17, 15) is 4.79 Å². The minimum atomic E-state index is -0.766. The summed E-state index contributed by atoms with van der Waals surface area (Å²) in [5.74, 6) is 0. The highest BCUT2D eigenvalue weighted by molar-refractivity contribution is 7.96. The number of carbonyl (C=O) groups excluding carboxylic acids is 1. The van der Waals surface area contributed by atoms with E-state index < -0.39 is 12.1 Å². The van der Waals surface area contributed by atoms with Gasteiger partial charge in [-0.1, -0.05) is 12.6 Å². The second kappa shape index (κ2) is 2.99. The summed E-state index contributed by atoms with van der Waals surface area (Å²) in [6, 6.07) is 0. The van der Waals surface area contributed by atoms with Gasteiger partial charge in [-0.15, -0.1) is 0 Å². The Kier molecular flexibility index (Phi) is 2.88. The second-order valence-corrected chi connectivity index (χ2v) is 0.904. The van der Waals surface area contributed by atoms with Crippen LogP contribution >= 0.6 is 12.6 Å². The lowest BCUT2D eigenvalue weighted by molar-refractivity contribution is 0.0608. The predicted molar refractivity (Wildman–Crippen MR) is 22.6 cm³/mol. The van der Waals surface area contributed by atoms with Crippen molar-refractivity contribution in [2.24, 2.45) is 0 Å². The maximum absolute atomic E-state index is 9.53. The zero-order valence-electron chi connectivity index (χ0n) is 2.92. The molecule has 0 radical (unpaired) electrons. The highest BCUT2D eigenvalue weighted by Gasteiger charge is 1.84. The number of aliphatic hydroxyl groups excluding tert-OH is 1. The minimum Gasteiger partial charge on any atom is -0.431 e. The first-order chi connectivity index (χ1) is 2.77. The van der Waals surface area contributed by atoms with Crippen molar-refractivity contribution in [3.05, 3.63) is 0 Å². The third-order valence-electron chi connectivity index (χ3n) is 0.188. The largest absolute Gasteiger partial charge is 0.431 e. The van der Waals surface area contributed by atoms with Crippen molar-refractivity contribution in [2.75, 3.05) is 6.79 Å². The van der Waals surface area contributed by atoms with Crippen molar-refractivity contribution in [3.63, 3.8) is 0 Å². The molecule has 0 heterocycles. The lowest BCUT2D eigenvalue weighted by atomic mass is 11.4. The average Bonchev–Trinajstić information content (AvgIpc) is 1.35. The molecule has 3 nitrogen and oxygen atoms in total. The van der Waals surface area contributed by atoms with Crippen LogP contribution in [0.3, 0.4) is 0 Å². The van der Waals surface area contributed by atoms with Gasteiger partial charge in [0.15, 0.2) is 6.79 Å². The number of hydrogen-bond donors (Lipinski definition) is 2. The first-order valence-corrected chi connectivity index (χ1v) is 1.68. The van der Waals surface area contributed by atoms with Crippen molar-refractivity contribution in [2.45, 2.75) is 0 Å². The van der Waals surface area contributed by atoms with Crippen LogP contribution in [-0.4, -0.2) is 17.2 Å². The summed E-state index contributed by atoms with van der Waals surface area (Å²) in [6.45, 7) is -0.595. The van der Waals surface area contributed by atoms with Crippen LogP contribution in [0.1, 0.15) is 0 Å². The van der Waals surface area contributed by atoms with E-state index >= 15 is 0 Å². The third kappa shape index (κ3) is 3.78. The number of aliphatic hydroxyl groups is 1. The van der Waals surface area contributed by atoms with Gasteiger partial charge in [-0.25, -0.2) is 4.79 Å². The molecule has 0 saturated heterocycles. The van der Waals surface area contributed by atoms with Crippen molar-refractivity contribution >= 4 is 17.9 Å². The molecule has 0 aromatic rings. The lowest BCUT2D eigenvalue weighted by Crippen LogP contribution is -1.92.